The molecule has 1 N–H and O–H groups in total. The van der Waals surface area contributed by atoms with E-state index in [2.05, 4.69) is 32.7 Å². The summed E-state index contributed by atoms with van der Waals surface area (Å²) in [5, 5.41) is 10.2. The Hall–Kier alpha value is -3.10. The zero-order chi connectivity index (χ0) is 24.4. The molecule has 34 heavy (non-hydrogen) atoms. The fourth-order valence-corrected chi connectivity index (χ4v) is 4.53. The summed E-state index contributed by atoms with van der Waals surface area (Å²) in [6.45, 7) is 11.2. The molecule has 1 saturated heterocycles. The SMILES string of the molecule is C=N/C(=N\C1=C(C)C(=O)N(c2cc(-c3ncc(C)cc3C)c(Cl)cn2)CC1)N1CCC(O)CC1. The van der Waals surface area contributed by atoms with Gasteiger partial charge in [-0.05, 0) is 57.5 Å². The molecular weight excluding hydrogens is 452 g/mol. The average Bonchev–Trinajstić information content (AvgIpc) is 2.82. The van der Waals surface area contributed by atoms with Crippen molar-refractivity contribution in [1.29, 1.82) is 0 Å². The number of carbonyl (C=O) groups is 1. The van der Waals surface area contributed by atoms with Crippen LogP contribution in [0.15, 0.2) is 45.8 Å². The van der Waals surface area contributed by atoms with Crippen molar-refractivity contribution in [2.75, 3.05) is 24.5 Å². The number of likely N-dealkylation sites (tertiary alicyclic amines) is 1. The van der Waals surface area contributed by atoms with E-state index in [1.165, 1.54) is 0 Å². The normalized spacial score (nSPS) is 18.0. The van der Waals surface area contributed by atoms with E-state index >= 15 is 0 Å². The highest BCUT2D eigenvalue weighted by Gasteiger charge is 2.28. The van der Waals surface area contributed by atoms with Crippen LogP contribution in [0.4, 0.5) is 5.82 Å². The van der Waals surface area contributed by atoms with Gasteiger partial charge in [0.15, 0.2) is 0 Å². The van der Waals surface area contributed by atoms with Crippen molar-refractivity contribution in [3.05, 3.63) is 51.9 Å². The maximum atomic E-state index is 13.3. The van der Waals surface area contributed by atoms with Crippen molar-refractivity contribution in [3.63, 3.8) is 0 Å². The molecule has 8 nitrogen and oxygen atoms in total. The number of pyridine rings is 2. The fraction of sp³-hybridized carbons (Fsp3) is 0.400. The number of rotatable bonds is 3. The number of amides is 1. The third-order valence-corrected chi connectivity index (χ3v) is 6.58. The number of nitrogens with zero attached hydrogens (tertiary/aromatic N) is 6. The Morgan fingerprint density at radius 1 is 1.15 bits per heavy atom. The predicted octanol–water partition coefficient (Wildman–Crippen LogP) is 3.94. The number of aliphatic imine (C=N–C) groups is 2. The molecule has 178 valence electrons. The molecule has 0 unspecified atom stereocenters. The monoisotopic (exact) mass is 480 g/mol. The summed E-state index contributed by atoms with van der Waals surface area (Å²) in [7, 11) is 0. The topological polar surface area (TPSA) is 94.3 Å². The quantitative estimate of drug-likeness (QED) is 0.530. The summed E-state index contributed by atoms with van der Waals surface area (Å²) in [6.07, 6.45) is 4.98. The van der Waals surface area contributed by atoms with Crippen LogP contribution in [0.1, 0.15) is 37.3 Å². The van der Waals surface area contributed by atoms with Gasteiger partial charge < -0.3 is 10.0 Å². The number of aryl methyl sites for hydroxylation is 2. The lowest BCUT2D eigenvalue weighted by Crippen LogP contribution is -2.40. The van der Waals surface area contributed by atoms with Crippen LogP contribution >= 0.6 is 11.6 Å². The second kappa shape index (κ2) is 10.0. The van der Waals surface area contributed by atoms with E-state index in [1.807, 2.05) is 24.8 Å². The summed E-state index contributed by atoms with van der Waals surface area (Å²) in [4.78, 5) is 34.7. The molecule has 0 radical (unpaired) electrons. The number of halogens is 1. The minimum Gasteiger partial charge on any atom is -0.393 e. The molecule has 2 aliphatic rings. The molecule has 2 aromatic heterocycles. The van der Waals surface area contributed by atoms with E-state index in [0.717, 1.165) is 22.4 Å². The van der Waals surface area contributed by atoms with Crippen molar-refractivity contribution < 1.29 is 9.90 Å². The molecule has 0 bridgehead atoms. The maximum Gasteiger partial charge on any atom is 0.256 e. The Morgan fingerprint density at radius 2 is 1.88 bits per heavy atom. The summed E-state index contributed by atoms with van der Waals surface area (Å²) < 4.78 is 0. The minimum absolute atomic E-state index is 0.156. The number of aromatic nitrogens is 2. The lowest BCUT2D eigenvalue weighted by Gasteiger charge is -2.31. The number of anilines is 1. The predicted molar refractivity (Wildman–Crippen MR) is 135 cm³/mol. The molecule has 0 atom stereocenters. The highest BCUT2D eigenvalue weighted by Crippen LogP contribution is 2.33. The van der Waals surface area contributed by atoms with Crippen LogP contribution in [0.2, 0.25) is 5.02 Å². The van der Waals surface area contributed by atoms with Crippen molar-refractivity contribution >= 4 is 36.0 Å². The molecule has 4 rings (SSSR count). The van der Waals surface area contributed by atoms with Crippen molar-refractivity contribution in [2.24, 2.45) is 9.98 Å². The molecule has 0 aromatic carbocycles. The van der Waals surface area contributed by atoms with Crippen LogP contribution in [-0.4, -0.2) is 64.3 Å². The summed E-state index contributed by atoms with van der Waals surface area (Å²) in [5.74, 6) is 0.868. The van der Waals surface area contributed by atoms with Crippen LogP contribution in [0.25, 0.3) is 11.3 Å². The van der Waals surface area contributed by atoms with Gasteiger partial charge in [-0.3, -0.25) is 14.7 Å². The van der Waals surface area contributed by atoms with Gasteiger partial charge in [0.05, 0.1) is 22.5 Å². The van der Waals surface area contributed by atoms with Crippen LogP contribution < -0.4 is 4.90 Å². The second-order valence-electron chi connectivity index (χ2n) is 8.77. The Bertz CT molecular complexity index is 1180. The molecule has 0 spiro atoms. The van der Waals surface area contributed by atoms with Gasteiger partial charge in [-0.25, -0.2) is 15.0 Å². The molecule has 0 aliphatic carbocycles. The van der Waals surface area contributed by atoms with Crippen molar-refractivity contribution in [1.82, 2.24) is 14.9 Å². The standard InChI is InChI=1S/C25H29ClN6O2/c1-15-11-16(2)23(29-13-15)19-12-22(28-14-20(19)26)32-10-7-21(17(3)24(32)34)30-25(27-4)31-8-5-18(33)6-9-31/h11-14,18,33H,4-10H2,1-3H3/b30-25+. The smallest absolute Gasteiger partial charge is 0.256 e. The molecule has 4 heterocycles. The molecule has 2 aromatic rings. The number of aliphatic hydroxyl groups excluding tert-OH is 1. The lowest BCUT2D eigenvalue weighted by molar-refractivity contribution is -0.115. The summed E-state index contributed by atoms with van der Waals surface area (Å²) >= 11 is 6.46. The largest absolute Gasteiger partial charge is 0.393 e. The zero-order valence-electron chi connectivity index (χ0n) is 19.8. The first-order valence-corrected chi connectivity index (χ1v) is 11.8. The second-order valence-corrected chi connectivity index (χ2v) is 9.17. The number of carbonyl (C=O) groups excluding carboxylic acids is 1. The summed E-state index contributed by atoms with van der Waals surface area (Å²) in [6, 6.07) is 3.87. The highest BCUT2D eigenvalue weighted by molar-refractivity contribution is 6.33. The number of piperidine rings is 1. The number of hydrogen-bond donors (Lipinski definition) is 1. The van der Waals surface area contributed by atoms with Gasteiger partial charge in [0.25, 0.3) is 5.91 Å². The van der Waals surface area contributed by atoms with Gasteiger partial charge in [0, 0.05) is 49.6 Å². The highest BCUT2D eigenvalue weighted by atomic mass is 35.5. The van der Waals surface area contributed by atoms with E-state index in [0.29, 0.717) is 67.0 Å². The lowest BCUT2D eigenvalue weighted by atomic mass is 10.0. The minimum atomic E-state index is -0.288. The Balaban J connectivity index is 1.61. The van der Waals surface area contributed by atoms with Gasteiger partial charge >= 0.3 is 0 Å². The van der Waals surface area contributed by atoms with E-state index in [1.54, 1.807) is 24.2 Å². The third kappa shape index (κ3) is 4.88. The Kier molecular flexibility index (Phi) is 7.09. The van der Waals surface area contributed by atoms with Gasteiger partial charge in [-0.2, -0.15) is 0 Å². The molecule has 2 aliphatic heterocycles. The molecule has 1 fully saturated rings. The van der Waals surface area contributed by atoms with E-state index in [9.17, 15) is 9.90 Å². The van der Waals surface area contributed by atoms with Crippen LogP contribution in [-0.2, 0) is 4.79 Å². The Labute approximate surface area is 204 Å². The first kappa shape index (κ1) is 24.0. The Morgan fingerprint density at radius 3 is 2.56 bits per heavy atom. The zero-order valence-corrected chi connectivity index (χ0v) is 20.5. The third-order valence-electron chi connectivity index (χ3n) is 6.28. The fourth-order valence-electron chi connectivity index (χ4n) is 4.34. The molecule has 0 saturated carbocycles. The van der Waals surface area contributed by atoms with Gasteiger partial charge in [0.1, 0.15) is 5.82 Å². The van der Waals surface area contributed by atoms with Crippen molar-refractivity contribution in [3.8, 4) is 11.3 Å². The van der Waals surface area contributed by atoms with Crippen molar-refractivity contribution in [2.45, 2.75) is 46.1 Å². The first-order chi connectivity index (χ1) is 16.3. The van der Waals surface area contributed by atoms with Crippen LogP contribution in [0, 0.1) is 13.8 Å². The average molecular weight is 481 g/mol. The molecule has 1 amide bonds. The number of guanidine groups is 1. The van der Waals surface area contributed by atoms with E-state index in [-0.39, 0.29) is 12.0 Å². The van der Waals surface area contributed by atoms with Gasteiger partial charge in [-0.15, -0.1) is 0 Å². The molecule has 9 heteroatoms. The van der Waals surface area contributed by atoms with Crippen LogP contribution in [0.5, 0.6) is 0 Å². The van der Waals surface area contributed by atoms with E-state index < -0.39 is 0 Å². The van der Waals surface area contributed by atoms with Gasteiger partial charge in [-0.1, -0.05) is 17.7 Å². The number of hydrogen-bond acceptors (Lipinski definition) is 5. The first-order valence-electron chi connectivity index (χ1n) is 11.4. The van der Waals surface area contributed by atoms with E-state index in [4.69, 9.17) is 11.6 Å². The summed E-state index contributed by atoms with van der Waals surface area (Å²) in [5.41, 5.74) is 4.84. The van der Waals surface area contributed by atoms with Crippen LogP contribution in [0.3, 0.4) is 0 Å². The van der Waals surface area contributed by atoms with Gasteiger partial charge in [0.2, 0.25) is 5.96 Å². The maximum absolute atomic E-state index is 13.3. The molecular formula is C25H29ClN6O2. The number of aliphatic hydroxyl groups is 1.